The van der Waals surface area contributed by atoms with Gasteiger partial charge in [0.05, 0.1) is 5.92 Å². The van der Waals surface area contributed by atoms with Gasteiger partial charge >= 0.3 is 5.97 Å². The highest BCUT2D eigenvalue weighted by Crippen LogP contribution is 2.29. The molecule has 0 spiro atoms. The second-order valence-corrected chi connectivity index (χ2v) is 5.77. The Morgan fingerprint density at radius 3 is 2.67 bits per heavy atom. The van der Waals surface area contributed by atoms with Gasteiger partial charge in [0.25, 0.3) is 0 Å². The van der Waals surface area contributed by atoms with Crippen LogP contribution in [0.4, 0.5) is 0 Å². The number of hydrogen-bond donors (Lipinski definition) is 1. The molecular weight excluding hydrogens is 270 g/mol. The van der Waals surface area contributed by atoms with E-state index in [0.717, 1.165) is 11.3 Å². The van der Waals surface area contributed by atoms with Crippen LogP contribution < -0.4 is 4.74 Å². The zero-order valence-corrected chi connectivity index (χ0v) is 12.6. The first-order chi connectivity index (χ1) is 9.87. The van der Waals surface area contributed by atoms with E-state index in [0.29, 0.717) is 19.6 Å². The van der Waals surface area contributed by atoms with Crippen LogP contribution in [0, 0.1) is 5.92 Å². The smallest absolute Gasteiger partial charge is 0.329 e. The molecule has 0 saturated carbocycles. The maximum absolute atomic E-state index is 12.7. The van der Waals surface area contributed by atoms with Gasteiger partial charge in [-0.1, -0.05) is 18.2 Å². The van der Waals surface area contributed by atoms with Gasteiger partial charge in [0.15, 0.2) is 0 Å². The molecule has 5 nitrogen and oxygen atoms in total. The molecule has 0 radical (unpaired) electrons. The van der Waals surface area contributed by atoms with Crippen LogP contribution in [0.5, 0.6) is 5.75 Å². The van der Waals surface area contributed by atoms with Crippen LogP contribution in [0.1, 0.15) is 26.3 Å². The Morgan fingerprint density at radius 1 is 1.38 bits per heavy atom. The number of fused-ring (bicyclic) bond motifs is 1. The van der Waals surface area contributed by atoms with Gasteiger partial charge in [0.1, 0.15) is 17.9 Å². The number of carbonyl (C=O) groups excluding carboxylic acids is 1. The molecule has 1 N–H and O–H groups in total. The molecule has 0 bridgehead atoms. The molecule has 1 aliphatic rings. The summed E-state index contributed by atoms with van der Waals surface area (Å²) in [4.78, 5) is 25.5. The van der Waals surface area contributed by atoms with Crippen LogP contribution in [0.25, 0.3) is 0 Å². The third-order valence-corrected chi connectivity index (χ3v) is 4.01. The van der Waals surface area contributed by atoms with Crippen LogP contribution in [0.2, 0.25) is 0 Å². The number of benzene rings is 1. The molecule has 0 aliphatic carbocycles. The Balaban J connectivity index is 2.19. The molecule has 1 heterocycles. The van der Waals surface area contributed by atoms with Crippen molar-refractivity contribution in [2.24, 2.45) is 5.92 Å². The average molecular weight is 291 g/mol. The number of carboxylic acids is 1. The Morgan fingerprint density at radius 2 is 2.05 bits per heavy atom. The summed E-state index contributed by atoms with van der Waals surface area (Å²) >= 11 is 0. The molecule has 2 rings (SSSR count). The topological polar surface area (TPSA) is 66.8 Å². The molecule has 21 heavy (non-hydrogen) atoms. The normalized spacial score (nSPS) is 17.6. The number of likely N-dealkylation sites (N-methyl/N-ethyl adjacent to an activating group) is 1. The lowest BCUT2D eigenvalue weighted by Gasteiger charge is -2.37. The fourth-order valence-corrected chi connectivity index (χ4v) is 2.65. The standard InChI is InChI=1S/C16H21NO4/c1-4-17(16(2,3)15(19)20)14(18)12-9-11-7-5-6-8-13(11)21-10-12/h5-8,12H,4,9-10H2,1-3H3,(H,19,20). The number of amides is 1. The fourth-order valence-electron chi connectivity index (χ4n) is 2.65. The highest BCUT2D eigenvalue weighted by molar-refractivity contribution is 5.88. The van der Waals surface area contributed by atoms with Crippen molar-refractivity contribution in [1.29, 1.82) is 0 Å². The molecule has 5 heteroatoms. The molecule has 1 aromatic rings. The van der Waals surface area contributed by atoms with Crippen LogP contribution >= 0.6 is 0 Å². The van der Waals surface area contributed by atoms with E-state index in [4.69, 9.17) is 4.74 Å². The quantitative estimate of drug-likeness (QED) is 0.920. The van der Waals surface area contributed by atoms with Gasteiger partial charge < -0.3 is 14.7 Å². The van der Waals surface area contributed by atoms with E-state index in [1.165, 1.54) is 4.90 Å². The van der Waals surface area contributed by atoms with Crippen molar-refractivity contribution in [3.63, 3.8) is 0 Å². The van der Waals surface area contributed by atoms with E-state index in [1.54, 1.807) is 20.8 Å². The number of hydrogen-bond acceptors (Lipinski definition) is 3. The van der Waals surface area contributed by atoms with Crippen molar-refractivity contribution >= 4 is 11.9 Å². The molecule has 0 aromatic heterocycles. The lowest BCUT2D eigenvalue weighted by molar-refractivity contribution is -0.159. The summed E-state index contributed by atoms with van der Waals surface area (Å²) in [6.45, 7) is 5.54. The summed E-state index contributed by atoms with van der Waals surface area (Å²) in [6, 6.07) is 7.63. The van der Waals surface area contributed by atoms with Gasteiger partial charge in [-0.15, -0.1) is 0 Å². The molecule has 1 amide bonds. The Kier molecular flexibility index (Phi) is 4.21. The predicted molar refractivity (Wildman–Crippen MR) is 78.2 cm³/mol. The van der Waals surface area contributed by atoms with Crippen molar-refractivity contribution in [2.45, 2.75) is 32.7 Å². The van der Waals surface area contributed by atoms with Crippen molar-refractivity contribution in [2.75, 3.05) is 13.2 Å². The molecule has 114 valence electrons. The van der Waals surface area contributed by atoms with E-state index < -0.39 is 11.5 Å². The second kappa shape index (κ2) is 5.76. The first-order valence-corrected chi connectivity index (χ1v) is 7.13. The molecule has 0 saturated heterocycles. The number of para-hydroxylation sites is 1. The zero-order chi connectivity index (χ0) is 15.6. The minimum absolute atomic E-state index is 0.167. The van der Waals surface area contributed by atoms with Gasteiger partial charge in [0, 0.05) is 6.54 Å². The fraction of sp³-hybridized carbons (Fsp3) is 0.500. The molecule has 1 aromatic carbocycles. The minimum atomic E-state index is -1.22. The summed E-state index contributed by atoms with van der Waals surface area (Å²) in [5.74, 6) is -0.699. The van der Waals surface area contributed by atoms with E-state index in [9.17, 15) is 14.7 Å². The lowest BCUT2D eigenvalue weighted by Crippen LogP contribution is -2.55. The highest BCUT2D eigenvalue weighted by Gasteiger charge is 2.40. The largest absolute Gasteiger partial charge is 0.492 e. The van der Waals surface area contributed by atoms with E-state index >= 15 is 0 Å². The summed E-state index contributed by atoms with van der Waals surface area (Å²) in [5, 5.41) is 9.32. The summed E-state index contributed by atoms with van der Waals surface area (Å²) in [6.07, 6.45) is 0.585. The van der Waals surface area contributed by atoms with Gasteiger partial charge in [-0.3, -0.25) is 4.79 Å². The molecule has 0 fully saturated rings. The number of nitrogens with zero attached hydrogens (tertiary/aromatic N) is 1. The van der Waals surface area contributed by atoms with Gasteiger partial charge in [-0.2, -0.15) is 0 Å². The van der Waals surface area contributed by atoms with Crippen molar-refractivity contribution in [1.82, 2.24) is 4.90 Å². The number of rotatable bonds is 4. The minimum Gasteiger partial charge on any atom is -0.492 e. The first kappa shape index (κ1) is 15.4. The predicted octanol–water partition coefficient (Wildman–Crippen LogP) is 1.95. The molecule has 1 atom stereocenters. The van der Waals surface area contributed by atoms with Gasteiger partial charge in [-0.25, -0.2) is 4.79 Å². The molecular formula is C16H21NO4. The summed E-state index contributed by atoms with van der Waals surface area (Å²) in [5.41, 5.74) is -0.228. The second-order valence-electron chi connectivity index (χ2n) is 5.77. The molecule has 1 aliphatic heterocycles. The number of ether oxygens (including phenoxy) is 1. The SMILES string of the molecule is CCN(C(=O)C1COc2ccccc2C1)C(C)(C)C(=O)O. The maximum atomic E-state index is 12.7. The van der Waals surface area contributed by atoms with E-state index in [1.807, 2.05) is 24.3 Å². The third kappa shape index (κ3) is 2.86. The third-order valence-electron chi connectivity index (χ3n) is 4.01. The van der Waals surface area contributed by atoms with Crippen LogP contribution in [0.15, 0.2) is 24.3 Å². The van der Waals surface area contributed by atoms with E-state index in [2.05, 4.69) is 0 Å². The number of carboxylic acid groups (broad SMARTS) is 1. The van der Waals surface area contributed by atoms with Gasteiger partial charge in [0.2, 0.25) is 5.91 Å². The zero-order valence-electron chi connectivity index (χ0n) is 12.6. The maximum Gasteiger partial charge on any atom is 0.329 e. The van der Waals surface area contributed by atoms with Crippen molar-refractivity contribution < 1.29 is 19.4 Å². The monoisotopic (exact) mass is 291 g/mol. The Bertz CT molecular complexity index is 553. The number of aliphatic carboxylic acids is 1. The summed E-state index contributed by atoms with van der Waals surface area (Å²) < 4.78 is 5.63. The van der Waals surface area contributed by atoms with Crippen LogP contribution in [-0.4, -0.2) is 40.6 Å². The van der Waals surface area contributed by atoms with Gasteiger partial charge in [-0.05, 0) is 38.8 Å². The van der Waals surface area contributed by atoms with Crippen molar-refractivity contribution in [3.8, 4) is 5.75 Å². The van der Waals surface area contributed by atoms with Crippen LogP contribution in [0.3, 0.4) is 0 Å². The molecule has 1 unspecified atom stereocenters. The average Bonchev–Trinajstić information content (AvgIpc) is 2.46. The lowest BCUT2D eigenvalue weighted by atomic mass is 9.93. The van der Waals surface area contributed by atoms with Crippen molar-refractivity contribution in [3.05, 3.63) is 29.8 Å². The van der Waals surface area contributed by atoms with E-state index in [-0.39, 0.29) is 11.8 Å². The Hall–Kier alpha value is -2.04. The number of carbonyl (C=O) groups is 2. The summed E-state index contributed by atoms with van der Waals surface area (Å²) in [7, 11) is 0. The highest BCUT2D eigenvalue weighted by atomic mass is 16.5. The first-order valence-electron chi connectivity index (χ1n) is 7.13. The van der Waals surface area contributed by atoms with Crippen LogP contribution in [-0.2, 0) is 16.0 Å². The Labute approximate surface area is 124 Å².